The third-order valence-corrected chi connectivity index (χ3v) is 7.04. The van der Waals surface area contributed by atoms with E-state index in [1.165, 1.54) is 11.3 Å². The molecular weight excluding hydrogens is 448 g/mol. The topological polar surface area (TPSA) is 69.9 Å². The largest absolute Gasteiger partial charge is 0.368 e. The van der Waals surface area contributed by atoms with E-state index in [1.54, 1.807) is 24.3 Å². The molecule has 0 aromatic heterocycles. The van der Waals surface area contributed by atoms with Gasteiger partial charge in [0.05, 0.1) is 10.7 Å². The summed E-state index contributed by atoms with van der Waals surface area (Å²) in [6.45, 7) is 4.83. The lowest BCUT2D eigenvalue weighted by molar-refractivity contribution is 0.1000. The second-order valence-corrected chi connectivity index (χ2v) is 9.35. The standard InChI is InChI=1S/C27H27ClN4O2/c1-30-11-13-31(14-12-30)25-17-24-19(16-23(25)28)9-10-32(24)22-7-5-18(6-8-22)26(33)20-3-2-4-21(15-20)27(29)34/h2-8,15-17H,9-14H2,1H3,(H2,29,34). The maximum atomic E-state index is 12.9. The average Bonchev–Trinajstić information content (AvgIpc) is 3.26. The van der Waals surface area contributed by atoms with E-state index in [0.717, 1.165) is 55.5 Å². The van der Waals surface area contributed by atoms with Crippen molar-refractivity contribution in [2.24, 2.45) is 5.73 Å². The number of nitrogens with zero attached hydrogens (tertiary/aromatic N) is 3. The monoisotopic (exact) mass is 474 g/mol. The number of hydrogen-bond donors (Lipinski definition) is 1. The van der Waals surface area contributed by atoms with Gasteiger partial charge in [-0.25, -0.2) is 0 Å². The summed E-state index contributed by atoms with van der Waals surface area (Å²) in [6.07, 6.45) is 0.929. The molecule has 0 spiro atoms. The van der Waals surface area contributed by atoms with Gasteiger partial charge >= 0.3 is 0 Å². The Hall–Kier alpha value is -3.35. The van der Waals surface area contributed by atoms with E-state index in [2.05, 4.69) is 33.9 Å². The van der Waals surface area contributed by atoms with E-state index in [-0.39, 0.29) is 5.78 Å². The van der Waals surface area contributed by atoms with Crippen molar-refractivity contribution in [2.75, 3.05) is 49.6 Å². The highest BCUT2D eigenvalue weighted by atomic mass is 35.5. The smallest absolute Gasteiger partial charge is 0.248 e. The van der Waals surface area contributed by atoms with Gasteiger partial charge in [0.2, 0.25) is 5.91 Å². The molecule has 0 unspecified atom stereocenters. The third-order valence-electron chi connectivity index (χ3n) is 6.74. The van der Waals surface area contributed by atoms with Crippen molar-refractivity contribution in [1.29, 1.82) is 0 Å². The number of ketones is 1. The zero-order chi connectivity index (χ0) is 23.8. The molecule has 0 aliphatic carbocycles. The maximum absolute atomic E-state index is 12.9. The second kappa shape index (κ2) is 9.12. The number of anilines is 3. The van der Waals surface area contributed by atoms with Crippen molar-refractivity contribution in [1.82, 2.24) is 4.90 Å². The van der Waals surface area contributed by atoms with Crippen LogP contribution in [-0.2, 0) is 6.42 Å². The van der Waals surface area contributed by atoms with Crippen LogP contribution in [0.3, 0.4) is 0 Å². The maximum Gasteiger partial charge on any atom is 0.248 e. The first-order chi connectivity index (χ1) is 16.4. The summed E-state index contributed by atoms with van der Waals surface area (Å²) in [5.41, 5.74) is 11.2. The van der Waals surface area contributed by atoms with Crippen LogP contribution >= 0.6 is 11.6 Å². The van der Waals surface area contributed by atoms with Crippen LogP contribution in [0.5, 0.6) is 0 Å². The first-order valence-electron chi connectivity index (χ1n) is 11.5. The number of amides is 1. The number of likely N-dealkylation sites (N-methyl/N-ethyl adjacent to an activating group) is 1. The number of halogens is 1. The Balaban J connectivity index is 1.39. The minimum Gasteiger partial charge on any atom is -0.368 e. The number of fused-ring (bicyclic) bond motifs is 1. The Labute approximate surface area is 204 Å². The van der Waals surface area contributed by atoms with Crippen LogP contribution in [-0.4, -0.2) is 56.4 Å². The van der Waals surface area contributed by atoms with Gasteiger partial charge in [0.15, 0.2) is 5.78 Å². The van der Waals surface area contributed by atoms with Gasteiger partial charge < -0.3 is 20.4 Å². The van der Waals surface area contributed by atoms with E-state index in [4.69, 9.17) is 17.3 Å². The second-order valence-electron chi connectivity index (χ2n) is 8.95. The predicted molar refractivity (Wildman–Crippen MR) is 137 cm³/mol. The van der Waals surface area contributed by atoms with E-state index in [1.807, 2.05) is 24.3 Å². The summed E-state index contributed by atoms with van der Waals surface area (Å²) in [7, 11) is 2.15. The van der Waals surface area contributed by atoms with Gasteiger partial charge in [-0.15, -0.1) is 0 Å². The first kappa shape index (κ1) is 22.4. The first-order valence-corrected chi connectivity index (χ1v) is 11.9. The van der Waals surface area contributed by atoms with Crippen molar-refractivity contribution in [2.45, 2.75) is 6.42 Å². The number of nitrogens with two attached hydrogens (primary N) is 1. The number of hydrogen-bond acceptors (Lipinski definition) is 5. The Morgan fingerprint density at radius 1 is 0.824 bits per heavy atom. The minimum atomic E-state index is -0.547. The van der Waals surface area contributed by atoms with Crippen molar-refractivity contribution >= 4 is 40.4 Å². The zero-order valence-electron chi connectivity index (χ0n) is 19.1. The quantitative estimate of drug-likeness (QED) is 0.563. The fourth-order valence-electron chi connectivity index (χ4n) is 4.73. The molecule has 5 rings (SSSR count). The summed E-state index contributed by atoms with van der Waals surface area (Å²) in [5, 5.41) is 0.810. The molecule has 2 aliphatic rings. The molecule has 6 nitrogen and oxygen atoms in total. The summed E-state index contributed by atoms with van der Waals surface area (Å²) in [6, 6.07) is 18.5. The van der Waals surface area contributed by atoms with E-state index in [0.29, 0.717) is 16.7 Å². The van der Waals surface area contributed by atoms with Crippen LogP contribution in [0, 0.1) is 0 Å². The lowest BCUT2D eigenvalue weighted by Crippen LogP contribution is -2.44. The number of carbonyl (C=O) groups excluding carboxylic acids is 2. The molecule has 34 heavy (non-hydrogen) atoms. The molecule has 2 N–H and O–H groups in total. The Kier molecular flexibility index (Phi) is 6.02. The lowest BCUT2D eigenvalue weighted by Gasteiger charge is -2.35. The predicted octanol–water partition coefficient (Wildman–Crippen LogP) is 4.12. The minimum absolute atomic E-state index is 0.138. The number of rotatable bonds is 5. The molecule has 1 fully saturated rings. The van der Waals surface area contributed by atoms with Crippen LogP contribution < -0.4 is 15.5 Å². The molecule has 1 saturated heterocycles. The normalized spacial score (nSPS) is 15.9. The summed E-state index contributed by atoms with van der Waals surface area (Å²) < 4.78 is 0. The third kappa shape index (κ3) is 4.27. The van der Waals surface area contributed by atoms with Crippen molar-refractivity contribution in [3.05, 3.63) is 87.9 Å². The van der Waals surface area contributed by atoms with E-state index < -0.39 is 5.91 Å². The fourth-order valence-corrected chi connectivity index (χ4v) is 5.03. The van der Waals surface area contributed by atoms with Crippen LogP contribution in [0.2, 0.25) is 5.02 Å². The molecule has 7 heteroatoms. The number of benzene rings is 3. The molecule has 0 saturated carbocycles. The van der Waals surface area contributed by atoms with E-state index in [9.17, 15) is 9.59 Å². The Bertz CT molecular complexity index is 1250. The fraction of sp³-hybridized carbons (Fsp3) is 0.259. The van der Waals surface area contributed by atoms with Crippen molar-refractivity contribution in [3.8, 4) is 0 Å². The average molecular weight is 475 g/mol. The molecule has 1 amide bonds. The molecular formula is C27H27ClN4O2. The summed E-state index contributed by atoms with van der Waals surface area (Å²) >= 11 is 6.68. The zero-order valence-corrected chi connectivity index (χ0v) is 19.9. The summed E-state index contributed by atoms with van der Waals surface area (Å²) in [4.78, 5) is 31.4. The number of piperazine rings is 1. The van der Waals surface area contributed by atoms with Crippen molar-refractivity contribution < 1.29 is 9.59 Å². The van der Waals surface area contributed by atoms with Gasteiger partial charge in [-0.3, -0.25) is 9.59 Å². The van der Waals surface area contributed by atoms with Gasteiger partial charge in [0, 0.05) is 60.8 Å². The van der Waals surface area contributed by atoms with Gasteiger partial charge in [0.1, 0.15) is 0 Å². The molecule has 0 radical (unpaired) electrons. The SMILES string of the molecule is CN1CCN(c2cc3c(cc2Cl)CCN3c2ccc(C(=O)c3cccc(C(N)=O)c3)cc2)CC1. The van der Waals surface area contributed by atoms with Crippen LogP contribution in [0.25, 0.3) is 0 Å². The Morgan fingerprint density at radius 2 is 1.53 bits per heavy atom. The highest BCUT2D eigenvalue weighted by Crippen LogP contribution is 2.41. The number of carbonyl (C=O) groups is 2. The highest BCUT2D eigenvalue weighted by molar-refractivity contribution is 6.33. The van der Waals surface area contributed by atoms with E-state index >= 15 is 0 Å². The molecule has 3 aromatic carbocycles. The van der Waals surface area contributed by atoms with Gasteiger partial charge in [-0.05, 0) is 67.6 Å². The highest BCUT2D eigenvalue weighted by Gasteiger charge is 2.25. The lowest BCUT2D eigenvalue weighted by atomic mass is 10.0. The van der Waals surface area contributed by atoms with Gasteiger partial charge in [-0.1, -0.05) is 23.7 Å². The molecule has 0 atom stereocenters. The molecule has 2 heterocycles. The molecule has 3 aromatic rings. The molecule has 2 aliphatic heterocycles. The molecule has 174 valence electrons. The summed E-state index contributed by atoms with van der Waals surface area (Å²) in [5.74, 6) is -0.686. The number of primary amides is 1. The Morgan fingerprint density at radius 3 is 2.24 bits per heavy atom. The molecule has 0 bridgehead atoms. The van der Waals surface area contributed by atoms with Crippen LogP contribution in [0.15, 0.2) is 60.7 Å². The van der Waals surface area contributed by atoms with Crippen LogP contribution in [0.1, 0.15) is 31.8 Å². The van der Waals surface area contributed by atoms with Crippen LogP contribution in [0.4, 0.5) is 17.1 Å². The van der Waals surface area contributed by atoms with Gasteiger partial charge in [0.25, 0.3) is 0 Å². The van der Waals surface area contributed by atoms with Gasteiger partial charge in [-0.2, -0.15) is 0 Å². The van der Waals surface area contributed by atoms with Crippen molar-refractivity contribution in [3.63, 3.8) is 0 Å².